The Bertz CT molecular complexity index is 87.8. The zero-order valence-corrected chi connectivity index (χ0v) is 6.88. The molecule has 0 aromatic heterocycles. The van der Waals surface area contributed by atoms with E-state index in [-0.39, 0.29) is 12.1 Å². The largest absolute Gasteiger partial charge is 0.326 e. The highest BCUT2D eigenvalue weighted by Gasteiger charge is 2.27. The van der Waals surface area contributed by atoms with Crippen molar-refractivity contribution >= 4 is 0 Å². The zero-order chi connectivity index (χ0) is 7.72. The summed E-state index contributed by atoms with van der Waals surface area (Å²) >= 11 is 0. The van der Waals surface area contributed by atoms with Crippen molar-refractivity contribution in [1.82, 2.24) is 0 Å². The van der Waals surface area contributed by atoms with Crippen molar-refractivity contribution in [3.63, 3.8) is 0 Å². The topological polar surface area (TPSA) is 52.0 Å². The van der Waals surface area contributed by atoms with Gasteiger partial charge in [-0.05, 0) is 24.7 Å². The molecule has 2 nitrogen and oxygen atoms in total. The van der Waals surface area contributed by atoms with E-state index < -0.39 is 0 Å². The Labute approximate surface area is 63.0 Å². The second-order valence-corrected chi connectivity index (χ2v) is 3.75. The first-order valence-corrected chi connectivity index (χ1v) is 4.12. The van der Waals surface area contributed by atoms with E-state index in [1.807, 2.05) is 0 Å². The fourth-order valence-electron chi connectivity index (χ4n) is 1.67. The molecular weight excluding hydrogens is 124 g/mol. The number of hydrogen-bond donors (Lipinski definition) is 2. The lowest BCUT2D eigenvalue weighted by Gasteiger charge is -2.34. The number of nitrogens with two attached hydrogens (primary N) is 2. The molecule has 0 bridgehead atoms. The fraction of sp³-hybridized carbons (Fsp3) is 1.00. The van der Waals surface area contributed by atoms with Crippen LogP contribution in [0, 0.1) is 11.8 Å². The van der Waals surface area contributed by atoms with Gasteiger partial charge in [-0.25, -0.2) is 0 Å². The first-order chi connectivity index (χ1) is 4.61. The predicted octanol–water partition coefficient (Wildman–Crippen LogP) is 0.707. The van der Waals surface area contributed by atoms with Gasteiger partial charge < -0.3 is 11.5 Å². The molecule has 4 atom stereocenters. The number of hydrogen-bond acceptors (Lipinski definition) is 2. The van der Waals surface area contributed by atoms with Gasteiger partial charge >= 0.3 is 0 Å². The fourth-order valence-corrected chi connectivity index (χ4v) is 1.67. The monoisotopic (exact) mass is 142 g/mol. The Morgan fingerprint density at radius 3 is 1.50 bits per heavy atom. The molecule has 60 valence electrons. The van der Waals surface area contributed by atoms with Gasteiger partial charge in [0.2, 0.25) is 0 Å². The maximum Gasteiger partial charge on any atom is 0.0195 e. The second-order valence-electron chi connectivity index (χ2n) is 3.75. The molecule has 1 aliphatic carbocycles. The summed E-state index contributed by atoms with van der Waals surface area (Å²) < 4.78 is 0. The Hall–Kier alpha value is -0.0800. The third-order valence-electron chi connectivity index (χ3n) is 2.81. The molecule has 1 rings (SSSR count). The van der Waals surface area contributed by atoms with Gasteiger partial charge in [-0.3, -0.25) is 0 Å². The van der Waals surface area contributed by atoms with Crippen LogP contribution in [0.5, 0.6) is 0 Å². The average molecular weight is 142 g/mol. The van der Waals surface area contributed by atoms with Crippen LogP contribution < -0.4 is 11.5 Å². The Morgan fingerprint density at radius 2 is 1.20 bits per heavy atom. The molecule has 0 spiro atoms. The molecule has 10 heavy (non-hydrogen) atoms. The lowest BCUT2D eigenvalue weighted by atomic mass is 9.77. The van der Waals surface area contributed by atoms with Crippen LogP contribution in [-0.2, 0) is 0 Å². The standard InChI is InChI=1S/C8H18N2/c1-5-3-7(9)8(10)4-6(5)2/h5-8H,3-4,9-10H2,1-2H3/t5-,6-,7-,8-/m1/s1. The van der Waals surface area contributed by atoms with Crippen molar-refractivity contribution in [2.45, 2.75) is 38.8 Å². The van der Waals surface area contributed by atoms with E-state index in [9.17, 15) is 0 Å². The Morgan fingerprint density at radius 1 is 0.900 bits per heavy atom. The summed E-state index contributed by atoms with van der Waals surface area (Å²) in [6, 6.07) is 0.484. The van der Waals surface area contributed by atoms with Crippen LogP contribution in [-0.4, -0.2) is 12.1 Å². The van der Waals surface area contributed by atoms with E-state index in [4.69, 9.17) is 11.5 Å². The smallest absolute Gasteiger partial charge is 0.0195 e. The minimum absolute atomic E-state index is 0.242. The lowest BCUT2D eigenvalue weighted by Crippen LogP contribution is -2.48. The van der Waals surface area contributed by atoms with E-state index in [0.717, 1.165) is 24.7 Å². The third-order valence-corrected chi connectivity index (χ3v) is 2.81. The van der Waals surface area contributed by atoms with E-state index in [1.54, 1.807) is 0 Å². The van der Waals surface area contributed by atoms with E-state index in [2.05, 4.69) is 13.8 Å². The van der Waals surface area contributed by atoms with Crippen LogP contribution in [0.15, 0.2) is 0 Å². The van der Waals surface area contributed by atoms with E-state index in [0.29, 0.717) is 0 Å². The van der Waals surface area contributed by atoms with Gasteiger partial charge in [-0.1, -0.05) is 13.8 Å². The summed E-state index contributed by atoms with van der Waals surface area (Å²) in [6.45, 7) is 4.52. The summed E-state index contributed by atoms with van der Waals surface area (Å²) in [5.74, 6) is 1.52. The molecule has 0 heterocycles. The average Bonchev–Trinajstić information content (AvgIpc) is 1.84. The molecule has 0 unspecified atom stereocenters. The highest BCUT2D eigenvalue weighted by Crippen LogP contribution is 2.27. The second kappa shape index (κ2) is 2.89. The molecular formula is C8H18N2. The van der Waals surface area contributed by atoms with Gasteiger partial charge in [0.25, 0.3) is 0 Å². The van der Waals surface area contributed by atoms with Crippen molar-refractivity contribution in [2.24, 2.45) is 23.3 Å². The van der Waals surface area contributed by atoms with Crippen LogP contribution in [0.3, 0.4) is 0 Å². The molecule has 0 aromatic rings. The van der Waals surface area contributed by atoms with Crippen LogP contribution in [0.2, 0.25) is 0 Å². The molecule has 0 aromatic carbocycles. The van der Waals surface area contributed by atoms with Crippen LogP contribution in [0.25, 0.3) is 0 Å². The molecule has 0 saturated heterocycles. The van der Waals surface area contributed by atoms with Gasteiger partial charge in [0.05, 0.1) is 0 Å². The Balaban J connectivity index is 2.46. The van der Waals surface area contributed by atoms with Crippen LogP contribution in [0.1, 0.15) is 26.7 Å². The minimum Gasteiger partial charge on any atom is -0.326 e. The van der Waals surface area contributed by atoms with Gasteiger partial charge in [-0.2, -0.15) is 0 Å². The van der Waals surface area contributed by atoms with Crippen molar-refractivity contribution in [2.75, 3.05) is 0 Å². The normalized spacial score (nSPS) is 49.2. The lowest BCUT2D eigenvalue weighted by molar-refractivity contribution is 0.225. The SMILES string of the molecule is C[C@@H]1C[C@@H](N)[C@H](N)C[C@H]1C. The maximum atomic E-state index is 5.81. The van der Waals surface area contributed by atoms with Gasteiger partial charge in [0.1, 0.15) is 0 Å². The highest BCUT2D eigenvalue weighted by atomic mass is 14.8. The molecule has 4 N–H and O–H groups in total. The van der Waals surface area contributed by atoms with E-state index in [1.165, 1.54) is 0 Å². The molecule has 0 aliphatic heterocycles. The molecule has 2 heteroatoms. The Kier molecular flexibility index (Phi) is 2.32. The van der Waals surface area contributed by atoms with Gasteiger partial charge in [0.15, 0.2) is 0 Å². The highest BCUT2D eigenvalue weighted by molar-refractivity contribution is 4.86. The summed E-state index contributed by atoms with van der Waals surface area (Å²) in [7, 11) is 0. The number of rotatable bonds is 0. The van der Waals surface area contributed by atoms with Gasteiger partial charge in [-0.15, -0.1) is 0 Å². The minimum atomic E-state index is 0.242. The quantitative estimate of drug-likeness (QED) is 0.523. The van der Waals surface area contributed by atoms with Crippen molar-refractivity contribution in [3.05, 3.63) is 0 Å². The molecule has 0 radical (unpaired) electrons. The third kappa shape index (κ3) is 1.50. The summed E-state index contributed by atoms with van der Waals surface area (Å²) in [5.41, 5.74) is 11.6. The first kappa shape index (κ1) is 8.02. The first-order valence-electron chi connectivity index (χ1n) is 4.12. The summed E-state index contributed by atoms with van der Waals surface area (Å²) in [4.78, 5) is 0. The van der Waals surface area contributed by atoms with Gasteiger partial charge in [0, 0.05) is 12.1 Å². The molecule has 0 amide bonds. The molecule has 1 aliphatic rings. The van der Waals surface area contributed by atoms with Crippen molar-refractivity contribution < 1.29 is 0 Å². The van der Waals surface area contributed by atoms with Crippen LogP contribution >= 0.6 is 0 Å². The maximum absolute atomic E-state index is 5.81. The summed E-state index contributed by atoms with van der Waals surface area (Å²) in [5, 5.41) is 0. The zero-order valence-electron chi connectivity index (χ0n) is 6.88. The van der Waals surface area contributed by atoms with E-state index >= 15 is 0 Å². The predicted molar refractivity (Wildman–Crippen MR) is 43.5 cm³/mol. The summed E-state index contributed by atoms with van der Waals surface area (Å²) in [6.07, 6.45) is 2.20. The van der Waals surface area contributed by atoms with Crippen molar-refractivity contribution in [3.8, 4) is 0 Å². The molecule has 1 saturated carbocycles. The molecule has 1 fully saturated rings. The van der Waals surface area contributed by atoms with Crippen LogP contribution in [0.4, 0.5) is 0 Å². The van der Waals surface area contributed by atoms with Crippen molar-refractivity contribution in [1.29, 1.82) is 0 Å².